The van der Waals surface area contributed by atoms with Crippen molar-refractivity contribution in [1.82, 2.24) is 14.9 Å². The average molecular weight is 370 g/mol. The monoisotopic (exact) mass is 370 g/mol. The Hall–Kier alpha value is -2.47. The smallest absolute Gasteiger partial charge is 0.256 e. The summed E-state index contributed by atoms with van der Waals surface area (Å²) in [5, 5.41) is 7.88. The highest BCUT2D eigenvalue weighted by molar-refractivity contribution is 6.12. The van der Waals surface area contributed by atoms with E-state index in [1.165, 1.54) is 6.21 Å². The van der Waals surface area contributed by atoms with Crippen molar-refractivity contribution in [3.05, 3.63) is 52.7 Å². The number of fused-ring (bicyclic) bond motifs is 1. The van der Waals surface area contributed by atoms with E-state index < -0.39 is 0 Å². The summed E-state index contributed by atoms with van der Waals surface area (Å²) in [6.45, 7) is 5.76. The maximum absolute atomic E-state index is 13.1. The molecular weight excluding hydrogens is 340 g/mol. The number of H-pyrrole nitrogens is 1. The van der Waals surface area contributed by atoms with Gasteiger partial charge in [-0.25, -0.2) is 4.98 Å². The van der Waals surface area contributed by atoms with Crippen LogP contribution in [0.25, 0.3) is 0 Å². The van der Waals surface area contributed by atoms with Crippen molar-refractivity contribution in [2.45, 2.75) is 46.1 Å². The molecule has 1 aromatic rings. The number of nitrogens with one attached hydrogen (secondary N) is 2. The van der Waals surface area contributed by atoms with E-state index in [1.807, 2.05) is 25.2 Å². The summed E-state index contributed by atoms with van der Waals surface area (Å²) in [6, 6.07) is 0. The third-order valence-corrected chi connectivity index (χ3v) is 4.76. The van der Waals surface area contributed by atoms with E-state index in [0.717, 1.165) is 48.2 Å². The van der Waals surface area contributed by atoms with Gasteiger partial charge in [0.05, 0.1) is 36.4 Å². The zero-order valence-electron chi connectivity index (χ0n) is 16.5. The second-order valence-corrected chi connectivity index (χ2v) is 6.62. The summed E-state index contributed by atoms with van der Waals surface area (Å²) < 4.78 is 5.20. The van der Waals surface area contributed by atoms with Gasteiger partial charge in [-0.2, -0.15) is 0 Å². The van der Waals surface area contributed by atoms with E-state index in [0.29, 0.717) is 25.3 Å². The Morgan fingerprint density at radius 1 is 1.44 bits per heavy atom. The van der Waals surface area contributed by atoms with Crippen LogP contribution < -0.4 is 0 Å². The number of hydrogen-bond acceptors (Lipinski definition) is 4. The largest absolute Gasteiger partial charge is 0.380 e. The number of carbonyl (C=O) groups excluding carboxylic acids is 1. The standard InChI is InChI=1S/C21H30N4O2/c1-4-6-7-17(9-8-16(5-2)14-27-3)18(12-22)21(26)25-11-10-19-20(13-25)24-15-23-19/h5,8-9,12,15,22H,4,6-7,10-11,13-14H2,1-3H3,(H,23,24)/b9-8-,16-5+,18-17-,22-12?. The maximum atomic E-state index is 13.1. The van der Waals surface area contributed by atoms with Crippen molar-refractivity contribution in [3.63, 3.8) is 0 Å². The predicted molar refractivity (Wildman–Crippen MR) is 108 cm³/mol. The molecule has 0 radical (unpaired) electrons. The van der Waals surface area contributed by atoms with Crippen LogP contribution in [-0.2, 0) is 22.5 Å². The van der Waals surface area contributed by atoms with Gasteiger partial charge in [0, 0.05) is 26.3 Å². The highest BCUT2D eigenvalue weighted by Crippen LogP contribution is 2.21. The van der Waals surface area contributed by atoms with Crippen LogP contribution in [-0.4, -0.2) is 47.3 Å². The number of aromatic nitrogens is 2. The third-order valence-electron chi connectivity index (χ3n) is 4.76. The van der Waals surface area contributed by atoms with Gasteiger partial charge in [-0.05, 0) is 30.9 Å². The molecular formula is C21H30N4O2. The highest BCUT2D eigenvalue weighted by atomic mass is 16.5. The van der Waals surface area contributed by atoms with Crippen LogP contribution >= 0.6 is 0 Å². The first-order chi connectivity index (χ1) is 13.1. The molecule has 0 atom stereocenters. The fourth-order valence-electron chi connectivity index (χ4n) is 3.12. The maximum Gasteiger partial charge on any atom is 0.256 e. The first-order valence-corrected chi connectivity index (χ1v) is 9.50. The van der Waals surface area contributed by atoms with E-state index in [4.69, 9.17) is 10.1 Å². The number of nitrogens with zero attached hydrogens (tertiary/aromatic N) is 2. The van der Waals surface area contributed by atoms with E-state index in [9.17, 15) is 4.79 Å². The number of ether oxygens (including phenoxy) is 1. The Kier molecular flexibility index (Phi) is 8.20. The lowest BCUT2D eigenvalue weighted by atomic mass is 9.99. The number of hydrogen-bond donors (Lipinski definition) is 2. The Bertz CT molecular complexity index is 743. The van der Waals surface area contributed by atoms with Crippen molar-refractivity contribution in [2.24, 2.45) is 0 Å². The molecule has 1 aliphatic heterocycles. The SMILES string of the molecule is C\C=C(/C=C\C(CCCC)=C(\C=N)C(=O)N1CCc2nc[nH]c2C1)COC. The summed E-state index contributed by atoms with van der Waals surface area (Å²) in [4.78, 5) is 22.3. The number of methoxy groups -OCH3 is 1. The summed E-state index contributed by atoms with van der Waals surface area (Å²) in [5.74, 6) is -0.0882. The zero-order valence-corrected chi connectivity index (χ0v) is 16.5. The van der Waals surface area contributed by atoms with Crippen LogP contribution in [0.4, 0.5) is 0 Å². The minimum absolute atomic E-state index is 0.0882. The average Bonchev–Trinajstić information content (AvgIpc) is 3.16. The van der Waals surface area contributed by atoms with Crippen LogP contribution in [0.1, 0.15) is 44.5 Å². The van der Waals surface area contributed by atoms with E-state index >= 15 is 0 Å². The lowest BCUT2D eigenvalue weighted by Crippen LogP contribution is -2.37. The number of allylic oxidation sites excluding steroid dienone is 3. The van der Waals surface area contributed by atoms with Gasteiger partial charge in [0.1, 0.15) is 0 Å². The van der Waals surface area contributed by atoms with E-state index in [-0.39, 0.29) is 5.91 Å². The molecule has 146 valence electrons. The molecule has 0 spiro atoms. The fourth-order valence-corrected chi connectivity index (χ4v) is 3.12. The van der Waals surface area contributed by atoms with Crippen molar-refractivity contribution in [3.8, 4) is 0 Å². The number of amides is 1. The second kappa shape index (κ2) is 10.6. The Labute approximate surface area is 161 Å². The predicted octanol–water partition coefficient (Wildman–Crippen LogP) is 3.58. The molecule has 0 aliphatic carbocycles. The Balaban J connectivity index is 2.27. The molecule has 0 fully saturated rings. The lowest BCUT2D eigenvalue weighted by molar-refractivity contribution is -0.127. The fraction of sp³-hybridized carbons (Fsp3) is 0.476. The number of unbranched alkanes of at least 4 members (excludes halogenated alkanes) is 1. The highest BCUT2D eigenvalue weighted by Gasteiger charge is 2.25. The quantitative estimate of drug-likeness (QED) is 0.396. The van der Waals surface area contributed by atoms with E-state index in [1.54, 1.807) is 18.3 Å². The van der Waals surface area contributed by atoms with Crippen LogP contribution in [0.3, 0.4) is 0 Å². The summed E-state index contributed by atoms with van der Waals surface area (Å²) in [7, 11) is 1.66. The summed E-state index contributed by atoms with van der Waals surface area (Å²) >= 11 is 0. The Morgan fingerprint density at radius 3 is 2.93 bits per heavy atom. The van der Waals surface area contributed by atoms with Crippen LogP contribution in [0.2, 0.25) is 0 Å². The van der Waals surface area contributed by atoms with Gasteiger partial charge >= 0.3 is 0 Å². The molecule has 0 unspecified atom stereocenters. The van der Waals surface area contributed by atoms with Gasteiger partial charge in [0.2, 0.25) is 0 Å². The number of aromatic amines is 1. The minimum atomic E-state index is -0.0882. The molecule has 1 amide bonds. The molecule has 1 aliphatic rings. The van der Waals surface area contributed by atoms with Crippen molar-refractivity contribution in [1.29, 1.82) is 5.41 Å². The summed E-state index contributed by atoms with van der Waals surface area (Å²) in [5.41, 5.74) is 4.44. The topological polar surface area (TPSA) is 82.1 Å². The molecule has 1 aromatic heterocycles. The van der Waals surface area contributed by atoms with Crippen LogP contribution in [0.15, 0.2) is 41.3 Å². The molecule has 0 saturated heterocycles. The molecule has 0 saturated carbocycles. The molecule has 2 heterocycles. The third kappa shape index (κ3) is 5.50. The van der Waals surface area contributed by atoms with E-state index in [2.05, 4.69) is 16.9 Å². The first-order valence-electron chi connectivity index (χ1n) is 9.50. The molecule has 0 aromatic carbocycles. The molecule has 27 heavy (non-hydrogen) atoms. The molecule has 2 rings (SSSR count). The molecule has 6 nitrogen and oxygen atoms in total. The first kappa shape index (κ1) is 20.8. The molecule has 2 N–H and O–H groups in total. The summed E-state index contributed by atoms with van der Waals surface area (Å²) in [6.07, 6.45) is 12.3. The molecule has 0 bridgehead atoms. The van der Waals surface area contributed by atoms with Gasteiger partial charge in [0.25, 0.3) is 5.91 Å². The van der Waals surface area contributed by atoms with Gasteiger partial charge < -0.3 is 20.0 Å². The van der Waals surface area contributed by atoms with Crippen molar-refractivity contribution < 1.29 is 9.53 Å². The van der Waals surface area contributed by atoms with Gasteiger partial charge in [-0.15, -0.1) is 0 Å². The normalized spacial score (nSPS) is 15.7. The van der Waals surface area contributed by atoms with Gasteiger partial charge in [0.15, 0.2) is 0 Å². The minimum Gasteiger partial charge on any atom is -0.380 e. The Morgan fingerprint density at radius 2 is 2.26 bits per heavy atom. The van der Waals surface area contributed by atoms with Crippen LogP contribution in [0.5, 0.6) is 0 Å². The van der Waals surface area contributed by atoms with Crippen molar-refractivity contribution >= 4 is 12.1 Å². The van der Waals surface area contributed by atoms with Gasteiger partial charge in [-0.3, -0.25) is 4.79 Å². The molecule has 6 heteroatoms. The zero-order chi connectivity index (χ0) is 19.6. The van der Waals surface area contributed by atoms with Crippen molar-refractivity contribution in [2.75, 3.05) is 20.3 Å². The van der Waals surface area contributed by atoms with Gasteiger partial charge in [-0.1, -0.05) is 31.6 Å². The number of rotatable bonds is 9. The second-order valence-electron chi connectivity index (χ2n) is 6.62. The van der Waals surface area contributed by atoms with Crippen LogP contribution in [0, 0.1) is 5.41 Å². The number of carbonyl (C=O) groups is 1. The lowest BCUT2D eigenvalue weighted by Gasteiger charge is -2.27. The number of imidazole rings is 1.